The molecule has 1 amide bonds. The highest BCUT2D eigenvalue weighted by Gasteiger charge is 2.38. The first-order valence-electron chi connectivity index (χ1n) is 10.2. The number of aliphatic carboxylic acids is 1. The van der Waals surface area contributed by atoms with Crippen LogP contribution in [-0.4, -0.2) is 51.4 Å². The highest BCUT2D eigenvalue weighted by Crippen LogP contribution is 2.27. The average molecular weight is 461 g/mol. The number of carboxylic acids is 1. The van der Waals surface area contributed by atoms with Gasteiger partial charge in [0.2, 0.25) is 0 Å². The molecule has 7 nitrogen and oxygen atoms in total. The summed E-state index contributed by atoms with van der Waals surface area (Å²) in [5.41, 5.74) is 6.81. The molecule has 0 bridgehead atoms. The molecule has 0 atom stereocenters. The van der Waals surface area contributed by atoms with Crippen molar-refractivity contribution in [2.45, 2.75) is 25.4 Å². The Kier molecular flexibility index (Phi) is 7.49. The van der Waals surface area contributed by atoms with Gasteiger partial charge in [0.25, 0.3) is 5.91 Å². The molecule has 2 aromatic heterocycles. The van der Waals surface area contributed by atoms with Gasteiger partial charge in [-0.1, -0.05) is 18.2 Å². The van der Waals surface area contributed by atoms with Crippen molar-refractivity contribution in [3.8, 4) is 22.5 Å². The molecular formula is C23H22F3N3O4. The van der Waals surface area contributed by atoms with Gasteiger partial charge in [0.1, 0.15) is 0 Å². The number of aromatic amines is 1. The van der Waals surface area contributed by atoms with Gasteiger partial charge in [-0.2, -0.15) is 13.2 Å². The fourth-order valence-electron chi connectivity index (χ4n) is 3.37. The van der Waals surface area contributed by atoms with Crippen LogP contribution in [0.2, 0.25) is 0 Å². The molecule has 3 aromatic rings. The first-order valence-corrected chi connectivity index (χ1v) is 10.2. The second-order valence-corrected chi connectivity index (χ2v) is 7.34. The molecule has 174 valence electrons. The van der Waals surface area contributed by atoms with Crippen molar-refractivity contribution >= 4 is 11.9 Å². The molecule has 0 radical (unpaired) electrons. The van der Waals surface area contributed by atoms with E-state index >= 15 is 0 Å². The Morgan fingerprint density at radius 1 is 1.12 bits per heavy atom. The maximum Gasteiger partial charge on any atom is 0.490 e. The SMILES string of the molecule is O=C(O)C(F)(F)F.O=C1NCCc2[nH]c(-c3ccnc(-c4cccc(CCCO)c4)c3)cc21. The predicted octanol–water partition coefficient (Wildman–Crippen LogP) is 3.59. The molecule has 33 heavy (non-hydrogen) atoms. The van der Waals surface area contributed by atoms with Crippen LogP contribution >= 0.6 is 0 Å². The maximum atomic E-state index is 12.0. The van der Waals surface area contributed by atoms with E-state index in [1.165, 1.54) is 5.56 Å². The monoisotopic (exact) mass is 461 g/mol. The summed E-state index contributed by atoms with van der Waals surface area (Å²) in [5.74, 6) is -2.77. The Balaban J connectivity index is 0.000000383. The van der Waals surface area contributed by atoms with Gasteiger partial charge in [0, 0.05) is 48.3 Å². The molecule has 0 saturated heterocycles. The lowest BCUT2D eigenvalue weighted by atomic mass is 10.0. The number of fused-ring (bicyclic) bond motifs is 1. The molecule has 1 aliphatic heterocycles. The minimum atomic E-state index is -5.08. The summed E-state index contributed by atoms with van der Waals surface area (Å²) in [6.45, 7) is 0.872. The Morgan fingerprint density at radius 3 is 2.55 bits per heavy atom. The molecule has 1 aliphatic rings. The summed E-state index contributed by atoms with van der Waals surface area (Å²) in [7, 11) is 0. The molecule has 0 spiro atoms. The van der Waals surface area contributed by atoms with E-state index in [2.05, 4.69) is 27.4 Å². The number of H-pyrrole nitrogens is 1. The maximum absolute atomic E-state index is 12.0. The third-order valence-electron chi connectivity index (χ3n) is 4.96. The van der Waals surface area contributed by atoms with Gasteiger partial charge in [0.15, 0.2) is 0 Å². The van der Waals surface area contributed by atoms with Crippen LogP contribution in [0.3, 0.4) is 0 Å². The van der Waals surface area contributed by atoms with Gasteiger partial charge in [-0.15, -0.1) is 0 Å². The van der Waals surface area contributed by atoms with E-state index in [0.717, 1.165) is 53.0 Å². The van der Waals surface area contributed by atoms with Crippen molar-refractivity contribution in [3.05, 3.63) is 65.5 Å². The number of hydrogen-bond acceptors (Lipinski definition) is 4. The molecule has 10 heteroatoms. The number of nitrogens with one attached hydrogen (secondary N) is 2. The van der Waals surface area contributed by atoms with E-state index in [4.69, 9.17) is 15.0 Å². The number of aliphatic hydroxyl groups is 1. The van der Waals surface area contributed by atoms with Crippen molar-refractivity contribution in [2.75, 3.05) is 13.2 Å². The number of benzene rings is 1. The van der Waals surface area contributed by atoms with Gasteiger partial charge in [-0.05, 0) is 42.7 Å². The third kappa shape index (κ3) is 6.19. The van der Waals surface area contributed by atoms with Crippen LogP contribution in [0, 0.1) is 0 Å². The Morgan fingerprint density at radius 2 is 1.88 bits per heavy atom. The topological polar surface area (TPSA) is 115 Å². The number of pyridine rings is 1. The number of alkyl halides is 3. The second kappa shape index (κ2) is 10.3. The zero-order chi connectivity index (χ0) is 24.0. The summed E-state index contributed by atoms with van der Waals surface area (Å²) < 4.78 is 31.7. The Hall–Kier alpha value is -3.66. The number of halogens is 3. The van der Waals surface area contributed by atoms with E-state index in [1.54, 1.807) is 6.20 Å². The number of amides is 1. The van der Waals surface area contributed by atoms with Crippen molar-refractivity contribution in [3.63, 3.8) is 0 Å². The van der Waals surface area contributed by atoms with Crippen LogP contribution < -0.4 is 5.32 Å². The molecule has 0 unspecified atom stereocenters. The van der Waals surface area contributed by atoms with Gasteiger partial charge in [-0.3, -0.25) is 9.78 Å². The van der Waals surface area contributed by atoms with E-state index < -0.39 is 12.1 Å². The number of hydrogen-bond donors (Lipinski definition) is 4. The Bertz CT molecular complexity index is 1140. The zero-order valence-electron chi connectivity index (χ0n) is 17.4. The molecule has 0 saturated carbocycles. The number of carboxylic acid groups (broad SMARTS) is 1. The van der Waals surface area contributed by atoms with Crippen LogP contribution in [-0.2, 0) is 17.6 Å². The van der Waals surface area contributed by atoms with Crippen molar-refractivity contribution in [1.82, 2.24) is 15.3 Å². The summed E-state index contributed by atoms with van der Waals surface area (Å²) in [6, 6.07) is 14.2. The van der Waals surface area contributed by atoms with E-state index in [9.17, 15) is 18.0 Å². The van der Waals surface area contributed by atoms with Gasteiger partial charge < -0.3 is 20.5 Å². The summed E-state index contributed by atoms with van der Waals surface area (Å²) in [4.78, 5) is 28.8. The van der Waals surface area contributed by atoms with Crippen molar-refractivity contribution in [1.29, 1.82) is 0 Å². The van der Waals surface area contributed by atoms with Crippen LogP contribution in [0.1, 0.15) is 28.0 Å². The summed E-state index contributed by atoms with van der Waals surface area (Å²) in [5, 5.41) is 19.0. The standard InChI is InChI=1S/C21H21N3O2.C2HF3O2/c25-10-2-4-14-3-1-5-15(11-14)19-12-16(6-8-22-19)20-13-17-18(24-20)7-9-23-21(17)26;3-2(4,5)1(6)7/h1,3,5-6,8,11-13,24-25H,2,4,7,9-10H2,(H,23,26);(H,6,7). The van der Waals surface area contributed by atoms with Gasteiger partial charge in [0.05, 0.1) is 11.3 Å². The fraction of sp³-hybridized carbons (Fsp3) is 0.261. The molecule has 0 aliphatic carbocycles. The highest BCUT2D eigenvalue weighted by molar-refractivity contribution is 5.97. The largest absolute Gasteiger partial charge is 0.490 e. The minimum absolute atomic E-state index is 0.0142. The Labute approximate surface area is 187 Å². The lowest BCUT2D eigenvalue weighted by Gasteiger charge is -2.11. The first-order chi connectivity index (χ1) is 15.7. The predicted molar refractivity (Wildman–Crippen MR) is 115 cm³/mol. The zero-order valence-corrected chi connectivity index (χ0v) is 17.4. The molecule has 0 fully saturated rings. The summed E-state index contributed by atoms with van der Waals surface area (Å²) >= 11 is 0. The normalized spacial score (nSPS) is 12.9. The quantitative estimate of drug-likeness (QED) is 0.464. The number of aryl methyl sites for hydroxylation is 1. The number of rotatable bonds is 5. The van der Waals surface area contributed by atoms with Crippen LogP contribution in [0.25, 0.3) is 22.5 Å². The lowest BCUT2D eigenvalue weighted by Crippen LogP contribution is -2.31. The summed E-state index contributed by atoms with van der Waals surface area (Å²) in [6.07, 6.45) is -0.855. The second-order valence-electron chi connectivity index (χ2n) is 7.34. The van der Waals surface area contributed by atoms with E-state index in [0.29, 0.717) is 6.54 Å². The van der Waals surface area contributed by atoms with Crippen LogP contribution in [0.4, 0.5) is 13.2 Å². The van der Waals surface area contributed by atoms with E-state index in [1.807, 2.05) is 30.3 Å². The fourth-order valence-corrected chi connectivity index (χ4v) is 3.37. The van der Waals surface area contributed by atoms with Crippen molar-refractivity contribution < 1.29 is 33.0 Å². The average Bonchev–Trinajstić information content (AvgIpc) is 3.24. The molecule has 4 N–H and O–H groups in total. The van der Waals surface area contributed by atoms with Crippen molar-refractivity contribution in [2.24, 2.45) is 0 Å². The smallest absolute Gasteiger partial charge is 0.475 e. The third-order valence-corrected chi connectivity index (χ3v) is 4.96. The minimum Gasteiger partial charge on any atom is -0.475 e. The number of aliphatic hydroxyl groups excluding tert-OH is 1. The van der Waals surface area contributed by atoms with Gasteiger partial charge in [-0.25, -0.2) is 4.79 Å². The number of carbonyl (C=O) groups excluding carboxylic acids is 1. The van der Waals surface area contributed by atoms with Gasteiger partial charge >= 0.3 is 12.1 Å². The number of nitrogens with zero attached hydrogens (tertiary/aromatic N) is 1. The molecule has 1 aromatic carbocycles. The number of carbonyl (C=O) groups is 2. The number of aromatic nitrogens is 2. The molecule has 3 heterocycles. The van der Waals surface area contributed by atoms with Crippen LogP contribution in [0.5, 0.6) is 0 Å². The first kappa shape index (κ1) is 24.0. The highest BCUT2D eigenvalue weighted by atomic mass is 19.4. The molecular weight excluding hydrogens is 439 g/mol. The lowest BCUT2D eigenvalue weighted by molar-refractivity contribution is -0.192. The molecule has 4 rings (SSSR count). The van der Waals surface area contributed by atoms with Crippen LogP contribution in [0.15, 0.2) is 48.7 Å². The van der Waals surface area contributed by atoms with E-state index in [-0.39, 0.29) is 12.5 Å².